The van der Waals surface area contributed by atoms with Crippen LogP contribution in [-0.4, -0.2) is 0 Å². The average Bonchev–Trinajstić information content (AvgIpc) is 3.04. The number of benzene rings is 6. The summed E-state index contributed by atoms with van der Waals surface area (Å²) >= 11 is 0. The molecule has 0 amide bonds. The third-order valence-corrected chi connectivity index (χ3v) is 13.9. The topological polar surface area (TPSA) is 9.23 Å². The molecule has 1 heterocycles. The Morgan fingerprint density at radius 3 is 1.00 bits per heavy atom. The number of hydrogen-bond donors (Lipinski definition) is 0. The Balaban J connectivity index is 0.00000329. The standard InChI is InChI=1S/C39H32OP2.Pd/c1-39(2)33-25-15-27-35(41(29-17-7-3-8-18-29)30-19-9-4-10-20-30)37(33)40-38-34(39)26-16-28-36(38)42(31-21-11-5-12-22-31)32-23-13-6-14-24-32;/h3-28H,1-2H3;/p+2. The van der Waals surface area contributed by atoms with Crippen molar-refractivity contribution in [1.29, 1.82) is 0 Å². The molecule has 43 heavy (non-hydrogen) atoms. The molecule has 0 spiro atoms. The summed E-state index contributed by atoms with van der Waals surface area (Å²) in [5.74, 6) is 2.07. The van der Waals surface area contributed by atoms with E-state index in [1.807, 2.05) is 0 Å². The van der Waals surface area contributed by atoms with Crippen molar-refractivity contribution in [2.75, 3.05) is 0 Å². The molecule has 6 aromatic rings. The van der Waals surface area contributed by atoms with Crippen molar-refractivity contribution >= 4 is 47.7 Å². The van der Waals surface area contributed by atoms with Crippen LogP contribution < -0.4 is 36.6 Å². The number of hydrogen-bond acceptors (Lipinski definition) is 1. The molecule has 1 aliphatic heterocycles. The van der Waals surface area contributed by atoms with Crippen LogP contribution in [-0.2, 0) is 25.8 Å². The van der Waals surface area contributed by atoms with Crippen molar-refractivity contribution in [2.45, 2.75) is 19.3 Å². The zero-order valence-electron chi connectivity index (χ0n) is 24.2. The summed E-state index contributed by atoms with van der Waals surface area (Å²) in [7, 11) is -2.64. The van der Waals surface area contributed by atoms with Crippen molar-refractivity contribution in [3.63, 3.8) is 0 Å². The molecular weight excluding hydrogens is 653 g/mol. The first kappa shape index (κ1) is 29.7. The molecule has 0 N–H and O–H groups in total. The van der Waals surface area contributed by atoms with Gasteiger partial charge in [-0.25, -0.2) is 0 Å². The van der Waals surface area contributed by atoms with Gasteiger partial charge in [-0.05, 0) is 60.7 Å². The van der Waals surface area contributed by atoms with Gasteiger partial charge in [0.05, 0.1) is 0 Å². The second-order valence-corrected chi connectivity index (χ2v) is 16.2. The van der Waals surface area contributed by atoms with E-state index in [1.165, 1.54) is 43.0 Å². The van der Waals surface area contributed by atoms with E-state index in [2.05, 4.69) is 172 Å². The SMILES string of the molecule is CC1(C)c2cccc([PH+](c3ccccc3)c3ccccc3)c2Oc2c([PH+](c3ccccc3)c3ccccc3)cccc21.[Pd]. The minimum Gasteiger partial charge on any atom is -0.448 e. The summed E-state index contributed by atoms with van der Waals surface area (Å²) < 4.78 is 7.27. The molecule has 0 bridgehead atoms. The predicted octanol–water partition coefficient (Wildman–Crippen LogP) is 7.10. The number of ether oxygens (including phenoxy) is 1. The van der Waals surface area contributed by atoms with Gasteiger partial charge < -0.3 is 4.74 Å². The fourth-order valence-corrected chi connectivity index (χ4v) is 11.7. The quantitative estimate of drug-likeness (QED) is 0.134. The molecule has 214 valence electrons. The van der Waals surface area contributed by atoms with E-state index in [9.17, 15) is 0 Å². The summed E-state index contributed by atoms with van der Waals surface area (Å²) in [6.45, 7) is 4.71. The van der Waals surface area contributed by atoms with Crippen LogP contribution in [0, 0.1) is 0 Å². The van der Waals surface area contributed by atoms with Gasteiger partial charge in [0.2, 0.25) is 0 Å². The molecule has 0 unspecified atom stereocenters. The second kappa shape index (κ2) is 12.7. The van der Waals surface area contributed by atoms with Crippen LogP contribution in [0.3, 0.4) is 0 Å². The molecule has 1 aliphatic rings. The molecule has 7 rings (SSSR count). The number of rotatable bonds is 6. The molecule has 0 saturated heterocycles. The van der Waals surface area contributed by atoms with Crippen LogP contribution in [0.4, 0.5) is 0 Å². The van der Waals surface area contributed by atoms with E-state index in [0.29, 0.717) is 0 Å². The largest absolute Gasteiger partial charge is 0.448 e. The zero-order chi connectivity index (χ0) is 28.5. The Bertz CT molecular complexity index is 1610. The van der Waals surface area contributed by atoms with Gasteiger partial charge >= 0.3 is 0 Å². The fraction of sp³-hybridized carbons (Fsp3) is 0.0769. The van der Waals surface area contributed by atoms with Gasteiger partial charge in [-0.3, -0.25) is 0 Å². The first-order valence-corrected chi connectivity index (χ1v) is 17.5. The predicted molar refractivity (Wildman–Crippen MR) is 185 cm³/mol. The first-order valence-electron chi connectivity index (χ1n) is 14.5. The summed E-state index contributed by atoms with van der Waals surface area (Å²) in [4.78, 5) is 0. The maximum Gasteiger partial charge on any atom is 0.174 e. The normalized spacial score (nSPS) is 13.0. The fourth-order valence-electron chi connectivity index (χ4n) is 6.29. The Morgan fingerprint density at radius 1 is 0.395 bits per heavy atom. The van der Waals surface area contributed by atoms with Crippen LogP contribution in [0.1, 0.15) is 25.0 Å². The zero-order valence-corrected chi connectivity index (χ0v) is 27.8. The first-order chi connectivity index (χ1) is 20.6. The molecule has 0 aromatic heterocycles. The van der Waals surface area contributed by atoms with Gasteiger partial charge in [0.15, 0.2) is 11.5 Å². The Labute approximate surface area is 271 Å². The van der Waals surface area contributed by atoms with Crippen LogP contribution in [0.2, 0.25) is 0 Å². The molecule has 0 atom stereocenters. The van der Waals surface area contributed by atoms with Crippen molar-refractivity contribution in [2.24, 2.45) is 0 Å². The molecule has 4 heteroatoms. The monoisotopic (exact) mass is 686 g/mol. The maximum atomic E-state index is 7.27. The summed E-state index contributed by atoms with van der Waals surface area (Å²) in [5.41, 5.74) is 2.30. The molecular formula is C39H34OP2Pd+2. The van der Waals surface area contributed by atoms with Crippen molar-refractivity contribution in [3.8, 4) is 11.5 Å². The number of fused-ring (bicyclic) bond motifs is 2. The smallest absolute Gasteiger partial charge is 0.174 e. The van der Waals surface area contributed by atoms with Gasteiger partial charge in [0, 0.05) is 37.0 Å². The minimum absolute atomic E-state index is 0. The van der Waals surface area contributed by atoms with Gasteiger partial charge in [0.1, 0.15) is 47.7 Å². The van der Waals surface area contributed by atoms with Crippen LogP contribution in [0.15, 0.2) is 158 Å². The summed E-state index contributed by atoms with van der Waals surface area (Å²) in [6, 6.07) is 57.5. The molecule has 0 fully saturated rings. The summed E-state index contributed by atoms with van der Waals surface area (Å²) in [6.07, 6.45) is 0. The van der Waals surface area contributed by atoms with Gasteiger partial charge in [0.25, 0.3) is 0 Å². The van der Waals surface area contributed by atoms with Crippen LogP contribution >= 0.6 is 15.8 Å². The average molecular weight is 687 g/mol. The van der Waals surface area contributed by atoms with Gasteiger partial charge in [-0.2, -0.15) is 0 Å². The van der Waals surface area contributed by atoms with Gasteiger partial charge in [-0.1, -0.05) is 111 Å². The van der Waals surface area contributed by atoms with Crippen molar-refractivity contribution in [1.82, 2.24) is 0 Å². The van der Waals surface area contributed by atoms with E-state index >= 15 is 0 Å². The molecule has 0 radical (unpaired) electrons. The molecule has 0 saturated carbocycles. The maximum absolute atomic E-state index is 7.27. The second-order valence-electron chi connectivity index (χ2n) is 11.3. The van der Waals surface area contributed by atoms with Crippen LogP contribution in [0.5, 0.6) is 11.5 Å². The third-order valence-electron chi connectivity index (χ3n) is 8.37. The summed E-state index contributed by atoms with van der Waals surface area (Å²) in [5, 5.41) is 8.05. The van der Waals surface area contributed by atoms with E-state index in [4.69, 9.17) is 4.74 Å². The van der Waals surface area contributed by atoms with E-state index in [-0.39, 0.29) is 25.8 Å². The van der Waals surface area contributed by atoms with Gasteiger partial charge in [-0.15, -0.1) is 0 Å². The van der Waals surface area contributed by atoms with E-state index < -0.39 is 15.8 Å². The minimum atomic E-state index is -1.32. The molecule has 0 aliphatic carbocycles. The van der Waals surface area contributed by atoms with E-state index in [0.717, 1.165) is 11.5 Å². The third kappa shape index (κ3) is 5.56. The Hall–Kier alpha value is -3.36. The molecule has 6 aromatic carbocycles. The van der Waals surface area contributed by atoms with Crippen LogP contribution in [0.25, 0.3) is 0 Å². The Morgan fingerprint density at radius 2 is 0.698 bits per heavy atom. The Kier molecular flexibility index (Phi) is 8.78. The van der Waals surface area contributed by atoms with Crippen molar-refractivity contribution in [3.05, 3.63) is 169 Å². The van der Waals surface area contributed by atoms with E-state index in [1.54, 1.807) is 0 Å². The van der Waals surface area contributed by atoms with Crippen molar-refractivity contribution < 1.29 is 25.2 Å². The number of para-hydroxylation sites is 2. The molecule has 1 nitrogen and oxygen atoms in total.